The Kier molecular flexibility index (Phi) is 3.89. The van der Waals surface area contributed by atoms with Crippen LogP contribution in [0, 0.1) is 0 Å². The van der Waals surface area contributed by atoms with Crippen molar-refractivity contribution in [2.45, 2.75) is 18.6 Å². The van der Waals surface area contributed by atoms with Crippen LogP contribution in [0.5, 0.6) is 0 Å². The van der Waals surface area contributed by atoms with Crippen molar-refractivity contribution in [3.8, 4) is 0 Å². The predicted molar refractivity (Wildman–Crippen MR) is 57.8 cm³/mol. The van der Waals surface area contributed by atoms with E-state index >= 15 is 0 Å². The van der Waals surface area contributed by atoms with Gasteiger partial charge in [-0.1, -0.05) is 24.3 Å². The molecule has 0 amide bonds. The third kappa shape index (κ3) is 3.46. The monoisotopic (exact) mass is 183 g/mol. The summed E-state index contributed by atoms with van der Waals surface area (Å²) in [6, 6.07) is 0. The van der Waals surface area contributed by atoms with Gasteiger partial charge in [0.25, 0.3) is 0 Å². The van der Waals surface area contributed by atoms with Crippen LogP contribution in [-0.4, -0.2) is 29.8 Å². The van der Waals surface area contributed by atoms with Crippen LogP contribution in [0.3, 0.4) is 0 Å². The molecule has 0 saturated carbocycles. The van der Waals surface area contributed by atoms with Crippen molar-refractivity contribution in [3.63, 3.8) is 0 Å². The molecular weight excluding hydrogens is 166 g/mol. The molecule has 68 valence electrons. The maximum absolute atomic E-state index is 4.43. The minimum atomic E-state index is 0.586. The van der Waals surface area contributed by atoms with Crippen LogP contribution in [0.15, 0.2) is 24.3 Å². The minimum absolute atomic E-state index is 0.586. The highest BCUT2D eigenvalue weighted by molar-refractivity contribution is 7.81. The molecule has 0 N–H and O–H groups in total. The minimum Gasteiger partial charge on any atom is -0.299 e. The zero-order chi connectivity index (χ0) is 8.97. The number of hydrogen-bond acceptors (Lipinski definition) is 2. The molecule has 0 radical (unpaired) electrons. The SMILES string of the molecule is C=C(C)/C=C/CN1CC[C@H](S)C1. The fraction of sp³-hybridized carbons (Fsp3) is 0.600. The van der Waals surface area contributed by atoms with Crippen molar-refractivity contribution >= 4 is 12.6 Å². The highest BCUT2D eigenvalue weighted by Gasteiger charge is 2.17. The van der Waals surface area contributed by atoms with Crippen molar-refractivity contribution in [2.75, 3.05) is 19.6 Å². The van der Waals surface area contributed by atoms with Gasteiger partial charge in [-0.2, -0.15) is 12.6 Å². The Bertz CT molecular complexity index is 186. The summed E-state index contributed by atoms with van der Waals surface area (Å²) in [5.74, 6) is 0. The Labute approximate surface area is 80.6 Å². The lowest BCUT2D eigenvalue weighted by Crippen LogP contribution is -2.20. The maximum Gasteiger partial charge on any atom is 0.0166 e. The molecular formula is C10H17NS. The number of likely N-dealkylation sites (tertiary alicyclic amines) is 1. The highest BCUT2D eigenvalue weighted by atomic mass is 32.1. The van der Waals surface area contributed by atoms with E-state index < -0.39 is 0 Å². The molecule has 1 nitrogen and oxygen atoms in total. The van der Waals surface area contributed by atoms with Gasteiger partial charge in [-0.25, -0.2) is 0 Å². The first-order valence-corrected chi connectivity index (χ1v) is 4.92. The smallest absolute Gasteiger partial charge is 0.0166 e. The summed E-state index contributed by atoms with van der Waals surface area (Å²) in [6.45, 7) is 9.19. The first-order valence-electron chi connectivity index (χ1n) is 4.41. The van der Waals surface area contributed by atoms with E-state index in [2.05, 4.69) is 36.3 Å². The second-order valence-corrected chi connectivity index (χ2v) is 4.18. The fourth-order valence-corrected chi connectivity index (χ4v) is 1.73. The largest absolute Gasteiger partial charge is 0.299 e. The van der Waals surface area contributed by atoms with E-state index in [0.29, 0.717) is 5.25 Å². The number of nitrogens with zero attached hydrogens (tertiary/aromatic N) is 1. The Morgan fingerprint density at radius 2 is 2.50 bits per heavy atom. The Morgan fingerprint density at radius 3 is 3.00 bits per heavy atom. The average Bonchev–Trinajstić information content (AvgIpc) is 2.35. The standard InChI is InChI=1S/C10H17NS/c1-9(2)4-3-6-11-7-5-10(12)8-11/h3-4,10,12H,1,5-8H2,2H3/b4-3+/t10-/m0/s1. The first-order chi connectivity index (χ1) is 5.68. The molecule has 0 spiro atoms. The summed E-state index contributed by atoms with van der Waals surface area (Å²) in [5, 5.41) is 0.586. The Hall–Kier alpha value is -0.210. The topological polar surface area (TPSA) is 3.24 Å². The van der Waals surface area contributed by atoms with Gasteiger partial charge in [-0.15, -0.1) is 0 Å². The lowest BCUT2D eigenvalue weighted by Gasteiger charge is -2.11. The molecule has 2 heteroatoms. The van der Waals surface area contributed by atoms with Gasteiger partial charge in [0.05, 0.1) is 0 Å². The molecule has 0 aromatic carbocycles. The number of thiol groups is 1. The van der Waals surface area contributed by atoms with Gasteiger partial charge in [0.1, 0.15) is 0 Å². The molecule has 1 fully saturated rings. The first kappa shape index (κ1) is 9.87. The van der Waals surface area contributed by atoms with E-state index in [-0.39, 0.29) is 0 Å². The van der Waals surface area contributed by atoms with E-state index in [1.807, 2.05) is 6.92 Å². The second kappa shape index (κ2) is 4.73. The fourth-order valence-electron chi connectivity index (χ4n) is 1.38. The third-order valence-corrected chi connectivity index (χ3v) is 2.43. The number of hydrogen-bond donors (Lipinski definition) is 1. The van der Waals surface area contributed by atoms with Crippen LogP contribution >= 0.6 is 12.6 Å². The van der Waals surface area contributed by atoms with Crippen LogP contribution in [-0.2, 0) is 0 Å². The van der Waals surface area contributed by atoms with E-state index in [0.717, 1.165) is 18.7 Å². The molecule has 0 aromatic rings. The summed E-state index contributed by atoms with van der Waals surface area (Å²) >= 11 is 4.43. The molecule has 1 aliphatic heterocycles. The molecule has 0 aliphatic carbocycles. The van der Waals surface area contributed by atoms with Crippen molar-refractivity contribution in [3.05, 3.63) is 24.3 Å². The summed E-state index contributed by atoms with van der Waals surface area (Å²) < 4.78 is 0. The summed E-state index contributed by atoms with van der Waals surface area (Å²) in [5.41, 5.74) is 1.12. The Balaban J connectivity index is 2.20. The third-order valence-electron chi connectivity index (χ3n) is 2.01. The van der Waals surface area contributed by atoms with Gasteiger partial charge in [0.2, 0.25) is 0 Å². The van der Waals surface area contributed by atoms with E-state index in [1.54, 1.807) is 0 Å². The molecule has 0 unspecified atom stereocenters. The van der Waals surface area contributed by atoms with Gasteiger partial charge in [-0.05, 0) is 19.9 Å². The molecule has 1 saturated heterocycles. The van der Waals surface area contributed by atoms with Gasteiger partial charge in [0.15, 0.2) is 0 Å². The quantitative estimate of drug-likeness (QED) is 0.518. The number of rotatable bonds is 3. The molecule has 1 heterocycles. The average molecular weight is 183 g/mol. The van der Waals surface area contributed by atoms with Crippen molar-refractivity contribution in [2.24, 2.45) is 0 Å². The van der Waals surface area contributed by atoms with Crippen LogP contribution in [0.2, 0.25) is 0 Å². The van der Waals surface area contributed by atoms with E-state index in [4.69, 9.17) is 0 Å². The Morgan fingerprint density at radius 1 is 1.75 bits per heavy atom. The zero-order valence-electron chi connectivity index (χ0n) is 7.66. The normalized spacial score (nSPS) is 25.3. The predicted octanol–water partition coefficient (Wildman–Crippen LogP) is 2.12. The van der Waals surface area contributed by atoms with Crippen LogP contribution < -0.4 is 0 Å². The van der Waals surface area contributed by atoms with Gasteiger partial charge < -0.3 is 0 Å². The van der Waals surface area contributed by atoms with Crippen molar-refractivity contribution < 1.29 is 0 Å². The maximum atomic E-state index is 4.43. The van der Waals surface area contributed by atoms with Crippen LogP contribution in [0.4, 0.5) is 0 Å². The summed E-state index contributed by atoms with van der Waals surface area (Å²) in [6.07, 6.45) is 5.48. The van der Waals surface area contributed by atoms with E-state index in [1.165, 1.54) is 13.0 Å². The molecule has 12 heavy (non-hydrogen) atoms. The molecule has 1 aliphatic rings. The number of allylic oxidation sites excluding steroid dienone is 2. The van der Waals surface area contributed by atoms with E-state index in [9.17, 15) is 0 Å². The van der Waals surface area contributed by atoms with Crippen molar-refractivity contribution in [1.82, 2.24) is 4.90 Å². The highest BCUT2D eigenvalue weighted by Crippen LogP contribution is 2.13. The summed E-state index contributed by atoms with van der Waals surface area (Å²) in [7, 11) is 0. The van der Waals surface area contributed by atoms with Crippen LogP contribution in [0.25, 0.3) is 0 Å². The molecule has 0 bridgehead atoms. The summed E-state index contributed by atoms with van der Waals surface area (Å²) in [4.78, 5) is 2.41. The van der Waals surface area contributed by atoms with Gasteiger partial charge >= 0.3 is 0 Å². The molecule has 1 rings (SSSR count). The van der Waals surface area contributed by atoms with Crippen LogP contribution in [0.1, 0.15) is 13.3 Å². The lowest BCUT2D eigenvalue weighted by atomic mass is 10.3. The van der Waals surface area contributed by atoms with Gasteiger partial charge in [0, 0.05) is 18.3 Å². The molecule has 0 aromatic heterocycles. The molecule has 1 atom stereocenters. The second-order valence-electron chi connectivity index (χ2n) is 3.45. The van der Waals surface area contributed by atoms with Crippen molar-refractivity contribution in [1.29, 1.82) is 0 Å². The zero-order valence-corrected chi connectivity index (χ0v) is 8.56. The van der Waals surface area contributed by atoms with Gasteiger partial charge in [-0.3, -0.25) is 4.90 Å². The lowest BCUT2D eigenvalue weighted by molar-refractivity contribution is 0.378.